The van der Waals surface area contributed by atoms with Gasteiger partial charge in [0.1, 0.15) is 0 Å². The number of morpholine rings is 1. The maximum atomic E-state index is 12.8. The maximum absolute atomic E-state index is 12.8. The Kier molecular flexibility index (Phi) is 4.68. The number of nitrogens with zero attached hydrogens (tertiary/aromatic N) is 1. The lowest BCUT2D eigenvalue weighted by molar-refractivity contribution is 0.102. The zero-order valence-electron chi connectivity index (χ0n) is 13.8. The first-order chi connectivity index (χ1) is 12.6. The first-order valence-corrected chi connectivity index (χ1v) is 9.34. The number of amides is 1. The van der Waals surface area contributed by atoms with Crippen molar-refractivity contribution in [2.24, 2.45) is 0 Å². The molecule has 1 fully saturated rings. The number of rotatable bonds is 3. The predicted octanol–water partition coefficient (Wildman–Crippen LogP) is 2.55. The Morgan fingerprint density at radius 3 is 2.54 bits per heavy atom. The van der Waals surface area contributed by atoms with Crippen LogP contribution in [-0.2, 0) is 4.74 Å². The van der Waals surface area contributed by atoms with E-state index in [9.17, 15) is 9.59 Å². The van der Waals surface area contributed by atoms with Gasteiger partial charge in [0.25, 0.3) is 5.91 Å². The van der Waals surface area contributed by atoms with Crippen molar-refractivity contribution in [1.82, 2.24) is 9.97 Å². The quantitative estimate of drug-likeness (QED) is 0.520. The number of hydrogen-bond acceptors (Lipinski definition) is 4. The number of fused-ring (bicyclic) bond motifs is 1. The van der Waals surface area contributed by atoms with Crippen molar-refractivity contribution in [2.75, 3.05) is 36.5 Å². The summed E-state index contributed by atoms with van der Waals surface area (Å²) in [4.78, 5) is 32.1. The van der Waals surface area contributed by atoms with Crippen LogP contribution >= 0.6 is 22.6 Å². The molecule has 2 aromatic carbocycles. The molecule has 3 aromatic rings. The number of carbonyl (C=O) groups excluding carboxylic acids is 1. The zero-order valence-corrected chi connectivity index (χ0v) is 16.0. The third kappa shape index (κ3) is 3.34. The lowest BCUT2D eigenvalue weighted by Crippen LogP contribution is -2.36. The lowest BCUT2D eigenvalue weighted by Gasteiger charge is -2.30. The lowest BCUT2D eigenvalue weighted by atomic mass is 10.1. The van der Waals surface area contributed by atoms with Gasteiger partial charge in [-0.2, -0.15) is 0 Å². The molecule has 2 heterocycles. The number of hydrogen-bond donors (Lipinski definition) is 3. The topological polar surface area (TPSA) is 90.2 Å². The molecule has 1 aliphatic heterocycles. The molecule has 8 heteroatoms. The number of aromatic nitrogens is 2. The van der Waals surface area contributed by atoms with Crippen LogP contribution in [0, 0.1) is 3.57 Å². The van der Waals surface area contributed by atoms with E-state index in [1.807, 2.05) is 24.3 Å². The minimum absolute atomic E-state index is 0.179. The zero-order chi connectivity index (χ0) is 18.1. The normalized spacial score (nSPS) is 14.6. The van der Waals surface area contributed by atoms with E-state index < -0.39 is 0 Å². The summed E-state index contributed by atoms with van der Waals surface area (Å²) in [6.07, 6.45) is 0. The largest absolute Gasteiger partial charge is 0.378 e. The number of H-pyrrole nitrogens is 2. The summed E-state index contributed by atoms with van der Waals surface area (Å²) in [6.45, 7) is 2.72. The van der Waals surface area contributed by atoms with E-state index in [0.29, 0.717) is 35.5 Å². The summed E-state index contributed by atoms with van der Waals surface area (Å²) in [5.74, 6) is -0.179. The summed E-state index contributed by atoms with van der Waals surface area (Å²) < 4.78 is 6.31. The van der Waals surface area contributed by atoms with E-state index in [0.717, 1.165) is 22.3 Å². The van der Waals surface area contributed by atoms with Crippen molar-refractivity contribution < 1.29 is 9.53 Å². The molecule has 26 heavy (non-hydrogen) atoms. The van der Waals surface area contributed by atoms with Crippen molar-refractivity contribution in [2.45, 2.75) is 0 Å². The Labute approximate surface area is 162 Å². The fraction of sp³-hybridized carbons (Fsp3) is 0.222. The van der Waals surface area contributed by atoms with Crippen LogP contribution in [-0.4, -0.2) is 42.2 Å². The standard InChI is InChI=1S/C18H17IN4O3/c19-12-4-2-1-3-11(12)17(24)20-15-9-13-14(22-18(25)21-13)10-16(15)23-5-7-26-8-6-23/h1-4,9-10H,5-8H2,(H,20,24)(H2,21,22,25). The highest BCUT2D eigenvalue weighted by Crippen LogP contribution is 2.31. The molecule has 1 amide bonds. The number of ether oxygens (including phenoxy) is 1. The smallest absolute Gasteiger partial charge is 0.323 e. The molecule has 1 aliphatic rings. The van der Waals surface area contributed by atoms with Gasteiger partial charge < -0.3 is 24.9 Å². The van der Waals surface area contributed by atoms with Crippen molar-refractivity contribution in [3.05, 3.63) is 56.0 Å². The summed E-state index contributed by atoms with van der Waals surface area (Å²) in [5.41, 5.74) is 3.25. The fourth-order valence-electron chi connectivity index (χ4n) is 3.07. The van der Waals surface area contributed by atoms with Crippen molar-refractivity contribution >= 4 is 50.9 Å². The minimum atomic E-state index is -0.269. The van der Waals surface area contributed by atoms with Crippen LogP contribution in [0.2, 0.25) is 0 Å². The average molecular weight is 464 g/mol. The van der Waals surface area contributed by atoms with Gasteiger partial charge in [-0.05, 0) is 46.9 Å². The van der Waals surface area contributed by atoms with E-state index in [2.05, 4.69) is 42.8 Å². The minimum Gasteiger partial charge on any atom is -0.378 e. The summed E-state index contributed by atoms with van der Waals surface area (Å²) in [7, 11) is 0. The highest BCUT2D eigenvalue weighted by Gasteiger charge is 2.19. The second-order valence-electron chi connectivity index (χ2n) is 6.03. The molecule has 0 spiro atoms. The van der Waals surface area contributed by atoms with Crippen LogP contribution in [0.1, 0.15) is 10.4 Å². The maximum Gasteiger partial charge on any atom is 0.323 e. The third-order valence-electron chi connectivity index (χ3n) is 4.35. The van der Waals surface area contributed by atoms with E-state index in [1.165, 1.54) is 0 Å². The SMILES string of the molecule is O=C(Nc1cc2[nH]c(=O)[nH]c2cc1N1CCOCC1)c1ccccc1I. The summed E-state index contributed by atoms with van der Waals surface area (Å²) in [5, 5.41) is 3.00. The van der Waals surface area contributed by atoms with Crippen LogP contribution < -0.4 is 15.9 Å². The molecule has 1 saturated heterocycles. The van der Waals surface area contributed by atoms with Crippen molar-refractivity contribution in [1.29, 1.82) is 0 Å². The van der Waals surface area contributed by atoms with Gasteiger partial charge in [0.2, 0.25) is 0 Å². The van der Waals surface area contributed by atoms with Gasteiger partial charge in [0.05, 0.1) is 41.2 Å². The Balaban J connectivity index is 1.75. The number of imidazole rings is 1. The molecule has 4 rings (SSSR count). The first kappa shape index (κ1) is 17.1. The summed E-state index contributed by atoms with van der Waals surface area (Å²) >= 11 is 2.15. The molecule has 0 unspecified atom stereocenters. The van der Waals surface area contributed by atoms with Gasteiger partial charge in [-0.3, -0.25) is 4.79 Å². The molecular formula is C18H17IN4O3. The molecule has 0 radical (unpaired) electrons. The van der Waals surface area contributed by atoms with Crippen molar-refractivity contribution in [3.63, 3.8) is 0 Å². The van der Waals surface area contributed by atoms with Crippen LogP contribution in [0.4, 0.5) is 11.4 Å². The second-order valence-corrected chi connectivity index (χ2v) is 7.19. The molecule has 3 N–H and O–H groups in total. The monoisotopic (exact) mass is 464 g/mol. The third-order valence-corrected chi connectivity index (χ3v) is 5.29. The van der Waals surface area contributed by atoms with Crippen LogP contribution in [0.25, 0.3) is 11.0 Å². The molecule has 134 valence electrons. The predicted molar refractivity (Wildman–Crippen MR) is 109 cm³/mol. The Bertz CT molecular complexity index is 1020. The van der Waals surface area contributed by atoms with E-state index in [4.69, 9.17) is 4.74 Å². The fourth-order valence-corrected chi connectivity index (χ4v) is 3.70. The molecule has 0 saturated carbocycles. The average Bonchev–Trinajstić information content (AvgIpc) is 3.01. The van der Waals surface area contributed by atoms with Gasteiger partial charge in [-0.15, -0.1) is 0 Å². The van der Waals surface area contributed by atoms with Crippen LogP contribution in [0.15, 0.2) is 41.2 Å². The number of halogens is 1. The number of nitrogens with one attached hydrogen (secondary N) is 3. The molecule has 7 nitrogen and oxygen atoms in total. The van der Waals surface area contributed by atoms with Crippen LogP contribution in [0.5, 0.6) is 0 Å². The van der Waals surface area contributed by atoms with Gasteiger partial charge in [-0.25, -0.2) is 4.79 Å². The summed E-state index contributed by atoms with van der Waals surface area (Å²) in [6, 6.07) is 11.1. The molecule has 1 aromatic heterocycles. The van der Waals surface area contributed by atoms with Crippen molar-refractivity contribution in [3.8, 4) is 0 Å². The number of anilines is 2. The highest BCUT2D eigenvalue weighted by molar-refractivity contribution is 14.1. The molecule has 0 aliphatic carbocycles. The highest BCUT2D eigenvalue weighted by atomic mass is 127. The van der Waals surface area contributed by atoms with Gasteiger partial charge in [-0.1, -0.05) is 12.1 Å². The van der Waals surface area contributed by atoms with Gasteiger partial charge in [0, 0.05) is 16.7 Å². The Morgan fingerprint density at radius 1 is 1.12 bits per heavy atom. The molecule has 0 atom stereocenters. The molecular weight excluding hydrogens is 447 g/mol. The van der Waals surface area contributed by atoms with Gasteiger partial charge >= 0.3 is 5.69 Å². The first-order valence-electron chi connectivity index (χ1n) is 8.26. The van der Waals surface area contributed by atoms with E-state index in [1.54, 1.807) is 12.1 Å². The molecule has 0 bridgehead atoms. The van der Waals surface area contributed by atoms with E-state index in [-0.39, 0.29) is 11.6 Å². The van der Waals surface area contributed by atoms with E-state index >= 15 is 0 Å². The van der Waals surface area contributed by atoms with Gasteiger partial charge in [0.15, 0.2) is 0 Å². The van der Waals surface area contributed by atoms with Crippen LogP contribution in [0.3, 0.4) is 0 Å². The Hall–Kier alpha value is -2.33. The number of carbonyl (C=O) groups is 1. The second kappa shape index (κ2) is 7.12. The number of aromatic amines is 2. The number of benzene rings is 2. The Morgan fingerprint density at radius 2 is 1.81 bits per heavy atom.